The van der Waals surface area contributed by atoms with Gasteiger partial charge in [0.05, 0.1) is 6.21 Å². The maximum Gasteiger partial charge on any atom is 0.281 e. The molecule has 4 nitrogen and oxygen atoms in total. The van der Waals surface area contributed by atoms with E-state index in [1.807, 2.05) is 42.5 Å². The third-order valence-corrected chi connectivity index (χ3v) is 3.89. The molecule has 4 heteroatoms. The van der Waals surface area contributed by atoms with Crippen LogP contribution >= 0.6 is 0 Å². The van der Waals surface area contributed by atoms with Gasteiger partial charge >= 0.3 is 0 Å². The summed E-state index contributed by atoms with van der Waals surface area (Å²) in [4.78, 5) is 12.8. The van der Waals surface area contributed by atoms with Gasteiger partial charge in [0.2, 0.25) is 0 Å². The highest BCUT2D eigenvalue weighted by Gasteiger charge is 2.39. The smallest absolute Gasteiger partial charge is 0.281 e. The van der Waals surface area contributed by atoms with Crippen LogP contribution in [0.2, 0.25) is 0 Å². The monoisotopic (exact) mass is 330 g/mol. The lowest BCUT2D eigenvalue weighted by Crippen LogP contribution is -2.43. The molecule has 0 saturated carbocycles. The average Bonchev–Trinajstić information content (AvgIpc) is 2.69. The van der Waals surface area contributed by atoms with Gasteiger partial charge in [-0.1, -0.05) is 91.0 Å². The van der Waals surface area contributed by atoms with E-state index in [-0.39, 0.29) is 0 Å². The molecular formula is C21H18N2O2. The summed E-state index contributed by atoms with van der Waals surface area (Å²) >= 11 is 0. The van der Waals surface area contributed by atoms with E-state index in [2.05, 4.69) is 10.5 Å². The number of hydrogen-bond acceptors (Lipinski definition) is 3. The van der Waals surface area contributed by atoms with E-state index < -0.39 is 11.5 Å². The number of hydrazone groups is 1. The van der Waals surface area contributed by atoms with Crippen LogP contribution in [0.5, 0.6) is 0 Å². The third-order valence-electron chi connectivity index (χ3n) is 3.89. The number of carbonyl (C=O) groups is 1. The Morgan fingerprint density at radius 1 is 0.800 bits per heavy atom. The molecule has 0 saturated heterocycles. The van der Waals surface area contributed by atoms with Gasteiger partial charge in [0.15, 0.2) is 5.60 Å². The first-order valence-electron chi connectivity index (χ1n) is 7.93. The Labute approximate surface area is 146 Å². The molecule has 25 heavy (non-hydrogen) atoms. The topological polar surface area (TPSA) is 61.7 Å². The number of aliphatic hydroxyl groups is 1. The predicted molar refractivity (Wildman–Crippen MR) is 98.1 cm³/mol. The van der Waals surface area contributed by atoms with E-state index in [4.69, 9.17) is 0 Å². The minimum atomic E-state index is -1.82. The zero-order valence-corrected chi connectivity index (χ0v) is 13.5. The number of hydrogen-bond donors (Lipinski definition) is 2. The van der Waals surface area contributed by atoms with Crippen molar-refractivity contribution >= 4 is 12.1 Å². The Balaban J connectivity index is 1.90. The molecule has 0 aliphatic heterocycles. The van der Waals surface area contributed by atoms with Crippen LogP contribution in [0.25, 0.3) is 0 Å². The summed E-state index contributed by atoms with van der Waals surface area (Å²) in [5, 5.41) is 15.2. The number of nitrogens with one attached hydrogen (secondary N) is 1. The van der Waals surface area contributed by atoms with Gasteiger partial charge in [-0.3, -0.25) is 4.79 Å². The van der Waals surface area contributed by atoms with E-state index in [9.17, 15) is 9.90 Å². The maximum absolute atomic E-state index is 12.8. The van der Waals surface area contributed by atoms with Gasteiger partial charge < -0.3 is 5.11 Å². The van der Waals surface area contributed by atoms with Crippen LogP contribution in [0.3, 0.4) is 0 Å². The standard InChI is InChI=1S/C21H18N2O2/c24-20(23-22-16-17-10-4-1-5-11-17)21(25,18-12-6-2-7-13-18)19-14-8-3-9-15-19/h1-16,25H,(H,23,24). The van der Waals surface area contributed by atoms with E-state index >= 15 is 0 Å². The predicted octanol–water partition coefficient (Wildman–Crippen LogP) is 3.07. The number of carbonyl (C=O) groups excluding carboxylic acids is 1. The lowest BCUT2D eigenvalue weighted by atomic mass is 9.85. The Hall–Kier alpha value is -3.24. The lowest BCUT2D eigenvalue weighted by Gasteiger charge is -2.27. The molecule has 3 rings (SSSR count). The largest absolute Gasteiger partial charge is 0.372 e. The molecule has 2 N–H and O–H groups in total. The van der Waals surface area contributed by atoms with Crippen molar-refractivity contribution < 1.29 is 9.90 Å². The fourth-order valence-electron chi connectivity index (χ4n) is 2.57. The molecule has 0 aliphatic carbocycles. The number of benzene rings is 3. The van der Waals surface area contributed by atoms with Crippen molar-refractivity contribution in [1.29, 1.82) is 0 Å². The second-order valence-corrected chi connectivity index (χ2v) is 5.55. The molecule has 0 aliphatic rings. The van der Waals surface area contributed by atoms with Gasteiger partial charge in [-0.25, -0.2) is 5.43 Å². The summed E-state index contributed by atoms with van der Waals surface area (Å²) in [5.74, 6) is -0.614. The molecule has 0 radical (unpaired) electrons. The first kappa shape index (κ1) is 16.6. The second kappa shape index (κ2) is 7.55. The molecule has 0 heterocycles. The third kappa shape index (κ3) is 3.65. The number of rotatable bonds is 5. The van der Waals surface area contributed by atoms with Gasteiger partial charge in [0.25, 0.3) is 5.91 Å². The van der Waals surface area contributed by atoms with Crippen LogP contribution in [-0.2, 0) is 10.4 Å². The van der Waals surface area contributed by atoms with E-state index in [1.165, 1.54) is 6.21 Å². The summed E-state index contributed by atoms with van der Waals surface area (Å²) in [5.41, 5.74) is 2.44. The van der Waals surface area contributed by atoms with Crippen LogP contribution in [0.15, 0.2) is 96.1 Å². The van der Waals surface area contributed by atoms with Gasteiger partial charge in [-0.05, 0) is 16.7 Å². The maximum atomic E-state index is 12.8. The van der Waals surface area contributed by atoms with Crippen molar-refractivity contribution in [2.45, 2.75) is 5.60 Å². The minimum absolute atomic E-state index is 0.480. The molecule has 1 amide bonds. The molecule has 3 aromatic carbocycles. The Kier molecular flexibility index (Phi) is 5.02. The highest BCUT2D eigenvalue weighted by atomic mass is 16.3. The normalized spacial score (nSPS) is 11.4. The molecule has 3 aromatic rings. The summed E-state index contributed by atoms with van der Waals surface area (Å²) in [6.45, 7) is 0. The van der Waals surface area contributed by atoms with Gasteiger partial charge in [-0.2, -0.15) is 5.10 Å². The lowest BCUT2D eigenvalue weighted by molar-refractivity contribution is -0.136. The molecular weight excluding hydrogens is 312 g/mol. The van der Waals surface area contributed by atoms with Gasteiger partial charge in [0.1, 0.15) is 0 Å². The van der Waals surface area contributed by atoms with Crippen molar-refractivity contribution in [3.05, 3.63) is 108 Å². The highest BCUT2D eigenvalue weighted by Crippen LogP contribution is 2.29. The van der Waals surface area contributed by atoms with Crippen LogP contribution in [0.4, 0.5) is 0 Å². The fourth-order valence-corrected chi connectivity index (χ4v) is 2.57. The van der Waals surface area contributed by atoms with Crippen molar-refractivity contribution in [3.63, 3.8) is 0 Å². The highest BCUT2D eigenvalue weighted by molar-refractivity contribution is 5.91. The van der Waals surface area contributed by atoms with Crippen LogP contribution < -0.4 is 5.43 Å². The Morgan fingerprint density at radius 2 is 1.24 bits per heavy atom. The summed E-state index contributed by atoms with van der Waals surface area (Å²) in [6, 6.07) is 27.1. The van der Waals surface area contributed by atoms with Gasteiger partial charge in [-0.15, -0.1) is 0 Å². The van der Waals surface area contributed by atoms with E-state index in [0.29, 0.717) is 11.1 Å². The van der Waals surface area contributed by atoms with Crippen molar-refractivity contribution in [1.82, 2.24) is 5.43 Å². The quantitative estimate of drug-likeness (QED) is 0.558. The van der Waals surface area contributed by atoms with Crippen LogP contribution in [0, 0.1) is 0 Å². The van der Waals surface area contributed by atoms with Crippen molar-refractivity contribution in [3.8, 4) is 0 Å². The summed E-state index contributed by atoms with van der Waals surface area (Å²) < 4.78 is 0. The molecule has 0 bridgehead atoms. The van der Waals surface area contributed by atoms with Gasteiger partial charge in [0, 0.05) is 0 Å². The summed E-state index contributed by atoms with van der Waals surface area (Å²) in [6.07, 6.45) is 1.54. The number of nitrogens with zero attached hydrogens (tertiary/aromatic N) is 1. The molecule has 0 spiro atoms. The Bertz CT molecular complexity index is 807. The first-order chi connectivity index (χ1) is 12.2. The first-order valence-corrected chi connectivity index (χ1v) is 7.93. The summed E-state index contributed by atoms with van der Waals surface area (Å²) in [7, 11) is 0. The van der Waals surface area contributed by atoms with Crippen LogP contribution in [-0.4, -0.2) is 17.2 Å². The van der Waals surface area contributed by atoms with E-state index in [0.717, 1.165) is 5.56 Å². The number of amides is 1. The molecule has 0 atom stereocenters. The SMILES string of the molecule is O=C(NN=Cc1ccccc1)C(O)(c1ccccc1)c1ccccc1. The molecule has 0 fully saturated rings. The van der Waals surface area contributed by atoms with Crippen molar-refractivity contribution in [2.75, 3.05) is 0 Å². The second-order valence-electron chi connectivity index (χ2n) is 5.55. The van der Waals surface area contributed by atoms with Crippen LogP contribution in [0.1, 0.15) is 16.7 Å². The molecule has 0 aromatic heterocycles. The Morgan fingerprint density at radius 3 is 1.72 bits per heavy atom. The molecule has 124 valence electrons. The fraction of sp³-hybridized carbons (Fsp3) is 0.0476. The van der Waals surface area contributed by atoms with Crippen molar-refractivity contribution in [2.24, 2.45) is 5.10 Å². The molecule has 0 unspecified atom stereocenters. The zero-order valence-electron chi connectivity index (χ0n) is 13.5. The van der Waals surface area contributed by atoms with E-state index in [1.54, 1.807) is 48.5 Å². The average molecular weight is 330 g/mol. The zero-order chi connectivity index (χ0) is 17.5. The minimum Gasteiger partial charge on any atom is -0.372 e.